The molecule has 1 N–H and O–H groups in total. The van der Waals surface area contributed by atoms with Gasteiger partial charge in [-0.25, -0.2) is 9.78 Å². The zero-order valence-corrected chi connectivity index (χ0v) is 10.9. The lowest BCUT2D eigenvalue weighted by Crippen LogP contribution is -2.07. The molecule has 1 heterocycles. The molecule has 2 aromatic rings. The molecule has 0 aliphatic rings. The zero-order valence-electron chi connectivity index (χ0n) is 10.9. The van der Waals surface area contributed by atoms with Crippen LogP contribution >= 0.6 is 0 Å². The maximum atomic E-state index is 11.0. The van der Waals surface area contributed by atoms with Crippen molar-refractivity contribution >= 4 is 17.0 Å². The van der Waals surface area contributed by atoms with E-state index < -0.39 is 5.97 Å². The number of hydrogen-bond acceptors (Lipinski definition) is 2. The molecule has 1 aromatic heterocycles. The number of fused-ring (bicyclic) bond motifs is 1. The normalized spacial score (nSPS) is 13.1. The molecule has 1 aromatic carbocycles. The second-order valence-corrected chi connectivity index (χ2v) is 5.14. The number of carbonyl (C=O) groups is 1. The molecule has 0 saturated heterocycles. The van der Waals surface area contributed by atoms with Gasteiger partial charge in [-0.05, 0) is 37.5 Å². The maximum absolute atomic E-state index is 11.0. The molecule has 0 aliphatic carbocycles. The molecule has 0 bridgehead atoms. The second kappa shape index (κ2) is 4.80. The first-order valence-corrected chi connectivity index (χ1v) is 6.19. The number of carboxylic acid groups (broad SMARTS) is 1. The van der Waals surface area contributed by atoms with Gasteiger partial charge in [-0.1, -0.05) is 13.8 Å². The van der Waals surface area contributed by atoms with Gasteiger partial charge in [0.2, 0.25) is 0 Å². The van der Waals surface area contributed by atoms with E-state index in [1.165, 1.54) is 0 Å². The molecule has 0 fully saturated rings. The predicted octanol–water partition coefficient (Wildman–Crippen LogP) is 3.34. The highest BCUT2D eigenvalue weighted by molar-refractivity contribution is 5.92. The molecule has 96 valence electrons. The molecule has 0 saturated carbocycles. The van der Waals surface area contributed by atoms with Crippen LogP contribution in [0.15, 0.2) is 24.5 Å². The van der Waals surface area contributed by atoms with Crippen molar-refractivity contribution in [3.63, 3.8) is 0 Å². The summed E-state index contributed by atoms with van der Waals surface area (Å²) in [5.74, 6) is -0.304. The van der Waals surface area contributed by atoms with Crippen LogP contribution in [-0.2, 0) is 0 Å². The Bertz CT molecular complexity index is 572. The van der Waals surface area contributed by atoms with Gasteiger partial charge in [0.05, 0.1) is 22.9 Å². The van der Waals surface area contributed by atoms with Crippen LogP contribution in [0.4, 0.5) is 0 Å². The number of carboxylic acids is 1. The van der Waals surface area contributed by atoms with Gasteiger partial charge in [-0.3, -0.25) is 0 Å². The lowest BCUT2D eigenvalue weighted by Gasteiger charge is -2.16. The Morgan fingerprint density at radius 1 is 1.39 bits per heavy atom. The Morgan fingerprint density at radius 3 is 2.72 bits per heavy atom. The lowest BCUT2D eigenvalue weighted by molar-refractivity contribution is 0.0697. The van der Waals surface area contributed by atoms with Crippen LogP contribution in [0.3, 0.4) is 0 Å². The molecular formula is C14H18N2O2. The number of aromatic nitrogens is 2. The number of rotatable bonds is 4. The first kappa shape index (κ1) is 12.6. The van der Waals surface area contributed by atoms with Crippen molar-refractivity contribution in [1.29, 1.82) is 0 Å². The molecule has 0 radical (unpaired) electrons. The van der Waals surface area contributed by atoms with Crippen molar-refractivity contribution in [2.24, 2.45) is 5.92 Å². The summed E-state index contributed by atoms with van der Waals surface area (Å²) in [7, 11) is 0. The highest BCUT2D eigenvalue weighted by Crippen LogP contribution is 2.23. The van der Waals surface area contributed by atoms with Crippen LogP contribution in [-0.4, -0.2) is 20.6 Å². The van der Waals surface area contributed by atoms with Crippen LogP contribution < -0.4 is 0 Å². The van der Waals surface area contributed by atoms with E-state index in [2.05, 4.69) is 30.3 Å². The van der Waals surface area contributed by atoms with E-state index >= 15 is 0 Å². The minimum atomic E-state index is -0.902. The molecule has 0 amide bonds. The Morgan fingerprint density at radius 2 is 2.11 bits per heavy atom. The summed E-state index contributed by atoms with van der Waals surface area (Å²) in [5.41, 5.74) is 2.04. The molecule has 2 rings (SSSR count). The summed E-state index contributed by atoms with van der Waals surface area (Å²) >= 11 is 0. The largest absolute Gasteiger partial charge is 0.478 e. The lowest BCUT2D eigenvalue weighted by atomic mass is 10.0. The number of hydrogen-bond donors (Lipinski definition) is 1. The molecule has 1 atom stereocenters. The maximum Gasteiger partial charge on any atom is 0.335 e. The van der Waals surface area contributed by atoms with Crippen LogP contribution in [0.2, 0.25) is 0 Å². The zero-order chi connectivity index (χ0) is 13.3. The summed E-state index contributed by atoms with van der Waals surface area (Å²) in [6.45, 7) is 6.49. The third-order valence-electron chi connectivity index (χ3n) is 3.11. The standard InChI is InChI=1S/C14H18N2O2/c1-9(2)6-10(3)16-8-15-12-5-4-11(14(17)18)7-13(12)16/h4-5,7-10H,6H2,1-3H3,(H,17,18). The van der Waals surface area contributed by atoms with E-state index in [1.54, 1.807) is 24.5 Å². The van der Waals surface area contributed by atoms with Gasteiger partial charge < -0.3 is 9.67 Å². The molecule has 18 heavy (non-hydrogen) atoms. The van der Waals surface area contributed by atoms with Crippen LogP contribution in [0, 0.1) is 5.92 Å². The smallest absolute Gasteiger partial charge is 0.335 e. The molecule has 4 heteroatoms. The minimum absolute atomic E-state index is 0.306. The number of aromatic carboxylic acids is 1. The average molecular weight is 246 g/mol. The fourth-order valence-corrected chi connectivity index (χ4v) is 2.31. The van der Waals surface area contributed by atoms with Gasteiger partial charge in [0.25, 0.3) is 0 Å². The van der Waals surface area contributed by atoms with Crippen LogP contribution in [0.5, 0.6) is 0 Å². The quantitative estimate of drug-likeness (QED) is 0.900. The van der Waals surface area contributed by atoms with E-state index in [0.29, 0.717) is 17.5 Å². The molecule has 4 nitrogen and oxygen atoms in total. The Balaban J connectivity index is 2.45. The molecule has 0 aliphatic heterocycles. The van der Waals surface area contributed by atoms with E-state index in [4.69, 9.17) is 5.11 Å². The predicted molar refractivity (Wildman–Crippen MR) is 70.9 cm³/mol. The summed E-state index contributed by atoms with van der Waals surface area (Å²) in [6.07, 6.45) is 2.84. The van der Waals surface area contributed by atoms with Crippen LogP contribution in [0.25, 0.3) is 11.0 Å². The van der Waals surface area contributed by atoms with E-state index in [0.717, 1.165) is 17.5 Å². The number of nitrogens with zero attached hydrogens (tertiary/aromatic N) is 2. The first-order chi connectivity index (χ1) is 8.49. The third-order valence-corrected chi connectivity index (χ3v) is 3.11. The fraction of sp³-hybridized carbons (Fsp3) is 0.429. The topological polar surface area (TPSA) is 55.1 Å². The van der Waals surface area contributed by atoms with Crippen molar-refractivity contribution in [3.05, 3.63) is 30.1 Å². The minimum Gasteiger partial charge on any atom is -0.478 e. The van der Waals surface area contributed by atoms with Crippen LogP contribution in [0.1, 0.15) is 43.6 Å². The number of imidazole rings is 1. The van der Waals surface area contributed by atoms with Gasteiger partial charge in [-0.15, -0.1) is 0 Å². The summed E-state index contributed by atoms with van der Waals surface area (Å²) in [6, 6.07) is 5.37. The Kier molecular flexibility index (Phi) is 3.36. The van der Waals surface area contributed by atoms with E-state index in [-0.39, 0.29) is 0 Å². The average Bonchev–Trinajstić information content (AvgIpc) is 2.70. The first-order valence-electron chi connectivity index (χ1n) is 6.19. The number of benzene rings is 1. The van der Waals surface area contributed by atoms with Crippen molar-refractivity contribution < 1.29 is 9.90 Å². The van der Waals surface area contributed by atoms with E-state index in [1.807, 2.05) is 0 Å². The molecule has 0 spiro atoms. The van der Waals surface area contributed by atoms with Crippen molar-refractivity contribution in [1.82, 2.24) is 9.55 Å². The highest BCUT2D eigenvalue weighted by Gasteiger charge is 2.13. The molecule has 1 unspecified atom stereocenters. The summed E-state index contributed by atoms with van der Waals surface area (Å²) in [5, 5.41) is 9.03. The fourth-order valence-electron chi connectivity index (χ4n) is 2.31. The second-order valence-electron chi connectivity index (χ2n) is 5.14. The van der Waals surface area contributed by atoms with Gasteiger partial charge in [0.15, 0.2) is 0 Å². The Labute approximate surface area is 106 Å². The SMILES string of the molecule is CC(C)CC(C)n1cnc2ccc(C(=O)O)cc21. The Hall–Kier alpha value is -1.84. The van der Waals surface area contributed by atoms with Gasteiger partial charge in [0, 0.05) is 6.04 Å². The monoisotopic (exact) mass is 246 g/mol. The van der Waals surface area contributed by atoms with Gasteiger partial charge in [-0.2, -0.15) is 0 Å². The highest BCUT2D eigenvalue weighted by atomic mass is 16.4. The van der Waals surface area contributed by atoms with Gasteiger partial charge in [0.1, 0.15) is 0 Å². The molecular weight excluding hydrogens is 228 g/mol. The van der Waals surface area contributed by atoms with Crippen molar-refractivity contribution in [3.8, 4) is 0 Å². The van der Waals surface area contributed by atoms with E-state index in [9.17, 15) is 4.79 Å². The van der Waals surface area contributed by atoms with Crippen molar-refractivity contribution in [2.75, 3.05) is 0 Å². The van der Waals surface area contributed by atoms with Gasteiger partial charge >= 0.3 is 5.97 Å². The third kappa shape index (κ3) is 2.37. The summed E-state index contributed by atoms with van der Waals surface area (Å²) in [4.78, 5) is 15.3. The summed E-state index contributed by atoms with van der Waals surface area (Å²) < 4.78 is 2.06. The van der Waals surface area contributed by atoms with Crippen molar-refractivity contribution in [2.45, 2.75) is 33.2 Å².